The molecule has 2 aromatic rings. The zero-order valence-electron chi connectivity index (χ0n) is 13.8. The van der Waals surface area contributed by atoms with Crippen molar-refractivity contribution in [1.29, 1.82) is 0 Å². The van der Waals surface area contributed by atoms with Gasteiger partial charge in [-0.25, -0.2) is 0 Å². The number of ether oxygens (including phenoxy) is 1. The Morgan fingerprint density at radius 2 is 1.59 bits per heavy atom. The molecule has 0 aliphatic carbocycles. The fraction of sp³-hybridized carbons (Fsp3) is 0.250. The van der Waals surface area contributed by atoms with Crippen LogP contribution in [0.3, 0.4) is 0 Å². The fourth-order valence-corrected chi connectivity index (χ4v) is 1.80. The first-order valence-corrected chi connectivity index (χ1v) is 7.65. The highest BCUT2D eigenvalue weighted by Crippen LogP contribution is 2.16. The summed E-state index contributed by atoms with van der Waals surface area (Å²) in [4.78, 5) is 12.0. The molecule has 0 fully saturated rings. The third-order valence-corrected chi connectivity index (χ3v) is 3.16. The molecule has 0 unspecified atom stereocenters. The summed E-state index contributed by atoms with van der Waals surface area (Å²) in [5.41, 5.74) is 2.56. The highest BCUT2D eigenvalue weighted by molar-refractivity contribution is 6.08. The number of ketones is 1. The molecule has 2 heteroatoms. The van der Waals surface area contributed by atoms with Crippen molar-refractivity contribution in [3.8, 4) is 5.75 Å². The summed E-state index contributed by atoms with van der Waals surface area (Å²) in [7, 11) is 0. The van der Waals surface area contributed by atoms with E-state index in [1.54, 1.807) is 12.1 Å². The second-order valence-corrected chi connectivity index (χ2v) is 4.60. The van der Waals surface area contributed by atoms with Crippen LogP contribution in [0, 0.1) is 0 Å². The summed E-state index contributed by atoms with van der Waals surface area (Å²) in [5, 5.41) is 0. The van der Waals surface area contributed by atoms with Gasteiger partial charge in [-0.05, 0) is 49.2 Å². The number of rotatable bonds is 5. The van der Waals surface area contributed by atoms with Gasteiger partial charge in [0, 0.05) is 5.56 Å². The van der Waals surface area contributed by atoms with E-state index in [1.807, 2.05) is 76.2 Å². The maximum absolute atomic E-state index is 12.0. The Labute approximate surface area is 133 Å². The van der Waals surface area contributed by atoms with Crippen molar-refractivity contribution in [2.45, 2.75) is 34.3 Å². The Morgan fingerprint density at radius 1 is 1.00 bits per heavy atom. The molecule has 116 valence electrons. The molecule has 2 rings (SSSR count). The third kappa shape index (κ3) is 5.21. The number of carbonyl (C=O) groups is 1. The molecule has 0 saturated carbocycles. The van der Waals surface area contributed by atoms with Crippen molar-refractivity contribution in [1.82, 2.24) is 0 Å². The molecule has 22 heavy (non-hydrogen) atoms. The summed E-state index contributed by atoms with van der Waals surface area (Å²) in [5.74, 6) is 0.825. The Morgan fingerprint density at radius 3 is 2.14 bits per heavy atom. The number of hydrogen-bond donors (Lipinski definition) is 0. The van der Waals surface area contributed by atoms with Crippen molar-refractivity contribution in [2.24, 2.45) is 0 Å². The zero-order chi connectivity index (χ0) is 16.4. The van der Waals surface area contributed by atoms with Crippen LogP contribution < -0.4 is 4.74 Å². The number of carbonyl (C=O) groups excluding carboxylic acids is 1. The predicted molar refractivity (Wildman–Crippen MR) is 92.3 cm³/mol. The van der Waals surface area contributed by atoms with E-state index in [9.17, 15) is 4.79 Å². The van der Waals surface area contributed by atoms with Crippen molar-refractivity contribution in [3.63, 3.8) is 0 Å². The van der Waals surface area contributed by atoms with E-state index < -0.39 is 0 Å². The minimum Gasteiger partial charge on any atom is -0.489 e. The van der Waals surface area contributed by atoms with Gasteiger partial charge in [0.25, 0.3) is 0 Å². The fourth-order valence-electron chi connectivity index (χ4n) is 1.80. The molecule has 0 spiro atoms. The largest absolute Gasteiger partial charge is 0.489 e. The summed E-state index contributed by atoms with van der Waals surface area (Å²) < 4.78 is 5.69. The molecule has 0 aliphatic heterocycles. The van der Waals surface area contributed by atoms with Crippen LogP contribution in [-0.2, 0) is 6.61 Å². The first kappa shape index (κ1) is 17.7. The van der Waals surface area contributed by atoms with Crippen LogP contribution >= 0.6 is 0 Å². The van der Waals surface area contributed by atoms with Gasteiger partial charge >= 0.3 is 0 Å². The van der Waals surface area contributed by atoms with Gasteiger partial charge < -0.3 is 4.74 Å². The molecule has 0 radical (unpaired) electrons. The molecule has 0 bridgehead atoms. The normalized spacial score (nSPS) is 10.5. The number of hydrogen-bond acceptors (Lipinski definition) is 2. The maximum Gasteiger partial charge on any atom is 0.188 e. The molecular formula is C20H24O2. The van der Waals surface area contributed by atoms with Gasteiger partial charge in [-0.15, -0.1) is 0 Å². The lowest BCUT2D eigenvalue weighted by Gasteiger charge is -2.07. The Hall–Kier alpha value is -2.35. The van der Waals surface area contributed by atoms with Crippen LogP contribution in [0.25, 0.3) is 0 Å². The van der Waals surface area contributed by atoms with Gasteiger partial charge in [0.2, 0.25) is 0 Å². The maximum atomic E-state index is 12.0. The van der Waals surface area contributed by atoms with Gasteiger partial charge in [-0.1, -0.05) is 50.3 Å². The molecule has 2 aromatic carbocycles. The zero-order valence-corrected chi connectivity index (χ0v) is 13.8. The van der Waals surface area contributed by atoms with Gasteiger partial charge in [0.05, 0.1) is 0 Å². The molecule has 0 aliphatic rings. The summed E-state index contributed by atoms with van der Waals surface area (Å²) in [6.07, 6.45) is 1.82. The van der Waals surface area contributed by atoms with Gasteiger partial charge in [0.15, 0.2) is 5.78 Å². The van der Waals surface area contributed by atoms with E-state index in [0.29, 0.717) is 12.2 Å². The van der Waals surface area contributed by atoms with E-state index in [1.165, 1.54) is 0 Å². The van der Waals surface area contributed by atoms with Crippen LogP contribution in [0.15, 0.2) is 66.2 Å². The molecule has 0 amide bonds. The smallest absolute Gasteiger partial charge is 0.188 e. The predicted octanol–water partition coefficient (Wildman–Crippen LogP) is 5.44. The van der Waals surface area contributed by atoms with Crippen molar-refractivity contribution < 1.29 is 9.53 Å². The van der Waals surface area contributed by atoms with Gasteiger partial charge in [-0.3, -0.25) is 4.79 Å². The topological polar surface area (TPSA) is 26.3 Å². The standard InChI is InChI=1S/C18H18O2.C2H6/c1-3-14(2)18(19)16-9-11-17(12-10-16)20-13-15-7-5-4-6-8-15;1-2/h3-12H,13H2,1-2H3;1-2H3/b14-3-;. The molecule has 0 aromatic heterocycles. The lowest BCUT2D eigenvalue weighted by Crippen LogP contribution is -2.00. The van der Waals surface area contributed by atoms with E-state index in [2.05, 4.69) is 0 Å². The number of benzene rings is 2. The molecule has 0 atom stereocenters. The lowest BCUT2D eigenvalue weighted by atomic mass is 10.0. The van der Waals surface area contributed by atoms with Crippen LogP contribution in [-0.4, -0.2) is 5.78 Å². The van der Waals surface area contributed by atoms with Crippen molar-refractivity contribution in [3.05, 3.63) is 77.4 Å². The second kappa shape index (κ2) is 9.56. The highest BCUT2D eigenvalue weighted by atomic mass is 16.5. The Balaban J connectivity index is 0.00000116. The first-order chi connectivity index (χ1) is 10.7. The second-order valence-electron chi connectivity index (χ2n) is 4.60. The van der Waals surface area contributed by atoms with Crippen LogP contribution in [0.4, 0.5) is 0 Å². The third-order valence-electron chi connectivity index (χ3n) is 3.16. The number of allylic oxidation sites excluding steroid dienone is 2. The average Bonchev–Trinajstić information content (AvgIpc) is 2.61. The average molecular weight is 296 g/mol. The minimum atomic E-state index is 0.0575. The van der Waals surface area contributed by atoms with Gasteiger partial charge in [0.1, 0.15) is 12.4 Å². The lowest BCUT2D eigenvalue weighted by molar-refractivity contribution is 0.103. The van der Waals surface area contributed by atoms with Crippen LogP contribution in [0.2, 0.25) is 0 Å². The first-order valence-electron chi connectivity index (χ1n) is 7.65. The Kier molecular flexibility index (Phi) is 7.69. The van der Waals surface area contributed by atoms with Gasteiger partial charge in [-0.2, -0.15) is 0 Å². The minimum absolute atomic E-state index is 0.0575. The van der Waals surface area contributed by atoms with E-state index in [4.69, 9.17) is 4.74 Å². The molecule has 0 saturated heterocycles. The van der Waals surface area contributed by atoms with Crippen molar-refractivity contribution >= 4 is 5.78 Å². The summed E-state index contributed by atoms with van der Waals surface area (Å²) in [6.45, 7) is 8.22. The molecule has 2 nitrogen and oxygen atoms in total. The highest BCUT2D eigenvalue weighted by Gasteiger charge is 2.07. The van der Waals surface area contributed by atoms with Crippen LogP contribution in [0.1, 0.15) is 43.6 Å². The number of Topliss-reactive ketones (excluding diaryl/α,β-unsaturated/α-hetero) is 1. The Bertz CT molecular complexity index is 595. The summed E-state index contributed by atoms with van der Waals surface area (Å²) >= 11 is 0. The molecule has 0 N–H and O–H groups in total. The van der Waals surface area contributed by atoms with Crippen molar-refractivity contribution in [2.75, 3.05) is 0 Å². The van der Waals surface area contributed by atoms with E-state index in [-0.39, 0.29) is 5.78 Å². The quantitative estimate of drug-likeness (QED) is 0.542. The molecule has 0 heterocycles. The molecular weight excluding hydrogens is 272 g/mol. The van der Waals surface area contributed by atoms with Crippen LogP contribution in [0.5, 0.6) is 5.75 Å². The summed E-state index contributed by atoms with van der Waals surface area (Å²) in [6, 6.07) is 17.3. The van der Waals surface area contributed by atoms with E-state index in [0.717, 1.165) is 16.9 Å². The monoisotopic (exact) mass is 296 g/mol. The van der Waals surface area contributed by atoms with E-state index >= 15 is 0 Å². The SMILES string of the molecule is C/C=C(/C)C(=O)c1ccc(OCc2ccccc2)cc1.CC.